The molecule has 1 unspecified atom stereocenters. The molecule has 2 amide bonds. The largest absolute Gasteiger partial charge is 0.454 e. The predicted molar refractivity (Wildman–Crippen MR) is 133 cm³/mol. The molecule has 2 N–H and O–H groups in total. The van der Waals surface area contributed by atoms with Crippen LogP contribution in [0.3, 0.4) is 0 Å². The number of anilines is 2. The highest BCUT2D eigenvalue weighted by Gasteiger charge is 2.21. The van der Waals surface area contributed by atoms with Gasteiger partial charge < -0.3 is 24.8 Å². The maximum Gasteiger partial charge on any atom is 0.340 e. The highest BCUT2D eigenvalue weighted by molar-refractivity contribution is 8.00. The van der Waals surface area contributed by atoms with Gasteiger partial charge in [0.25, 0.3) is 5.91 Å². The van der Waals surface area contributed by atoms with Gasteiger partial charge in [-0.05, 0) is 50.2 Å². The number of rotatable bonds is 8. The van der Waals surface area contributed by atoms with Gasteiger partial charge in [0, 0.05) is 22.3 Å². The number of amides is 2. The first-order valence-electron chi connectivity index (χ1n) is 10.9. The van der Waals surface area contributed by atoms with Crippen LogP contribution in [0.25, 0.3) is 0 Å². The van der Waals surface area contributed by atoms with Crippen LogP contribution < -0.4 is 20.1 Å². The fraction of sp³-hybridized carbons (Fsp3) is 0.192. The fourth-order valence-corrected chi connectivity index (χ4v) is 4.07. The number of hydrogen-bond donors (Lipinski definition) is 2. The molecule has 1 aliphatic heterocycles. The van der Waals surface area contributed by atoms with Gasteiger partial charge in [0.2, 0.25) is 12.7 Å². The van der Waals surface area contributed by atoms with Crippen molar-refractivity contribution in [2.24, 2.45) is 0 Å². The number of thioether (sulfide) groups is 1. The average molecular weight is 493 g/mol. The first-order chi connectivity index (χ1) is 16.9. The highest BCUT2D eigenvalue weighted by atomic mass is 32.2. The van der Waals surface area contributed by atoms with E-state index < -0.39 is 18.0 Å². The maximum atomic E-state index is 12.8. The minimum Gasteiger partial charge on any atom is -0.454 e. The Hall–Kier alpha value is -3.98. The van der Waals surface area contributed by atoms with Crippen LogP contribution >= 0.6 is 11.8 Å². The van der Waals surface area contributed by atoms with E-state index in [-0.39, 0.29) is 24.0 Å². The molecule has 0 bridgehead atoms. The minimum atomic E-state index is -1.00. The number of fused-ring (bicyclic) bond motifs is 1. The molecule has 0 saturated heterocycles. The zero-order valence-corrected chi connectivity index (χ0v) is 20.0. The summed E-state index contributed by atoms with van der Waals surface area (Å²) in [7, 11) is 0. The molecule has 1 heterocycles. The number of aryl methyl sites for hydroxylation is 1. The van der Waals surface area contributed by atoms with Crippen LogP contribution in [-0.4, -0.2) is 36.4 Å². The van der Waals surface area contributed by atoms with Gasteiger partial charge in [0.15, 0.2) is 17.6 Å². The molecule has 3 aromatic rings. The lowest BCUT2D eigenvalue weighted by molar-refractivity contribution is -0.123. The lowest BCUT2D eigenvalue weighted by Gasteiger charge is -2.15. The summed E-state index contributed by atoms with van der Waals surface area (Å²) in [4.78, 5) is 38.3. The maximum absolute atomic E-state index is 12.8. The van der Waals surface area contributed by atoms with Gasteiger partial charge in [-0.1, -0.05) is 29.8 Å². The van der Waals surface area contributed by atoms with E-state index in [1.54, 1.807) is 54.6 Å². The van der Waals surface area contributed by atoms with Gasteiger partial charge in [-0.3, -0.25) is 9.59 Å². The van der Waals surface area contributed by atoms with Crippen LogP contribution in [0.1, 0.15) is 22.8 Å². The van der Waals surface area contributed by atoms with Crippen molar-refractivity contribution >= 4 is 40.9 Å². The third-order valence-corrected chi connectivity index (χ3v) is 6.17. The van der Waals surface area contributed by atoms with E-state index in [4.69, 9.17) is 14.2 Å². The molecule has 0 spiro atoms. The van der Waals surface area contributed by atoms with Crippen LogP contribution in [0.15, 0.2) is 71.6 Å². The predicted octanol–water partition coefficient (Wildman–Crippen LogP) is 4.64. The van der Waals surface area contributed by atoms with Crippen molar-refractivity contribution in [3.05, 3.63) is 77.9 Å². The molecule has 35 heavy (non-hydrogen) atoms. The quantitative estimate of drug-likeness (QED) is 0.349. The van der Waals surface area contributed by atoms with Gasteiger partial charge in [-0.25, -0.2) is 4.79 Å². The summed E-state index contributed by atoms with van der Waals surface area (Å²) >= 11 is 1.20. The summed E-state index contributed by atoms with van der Waals surface area (Å²) in [5, 5.41) is 5.53. The zero-order chi connectivity index (χ0) is 24.8. The normalized spacial score (nSPS) is 12.5. The molecule has 180 valence electrons. The van der Waals surface area contributed by atoms with Crippen molar-refractivity contribution in [3.63, 3.8) is 0 Å². The second kappa shape index (κ2) is 11.0. The van der Waals surface area contributed by atoms with Crippen molar-refractivity contribution in [3.8, 4) is 11.5 Å². The first kappa shape index (κ1) is 24.2. The average Bonchev–Trinajstić information content (AvgIpc) is 3.32. The van der Waals surface area contributed by atoms with Gasteiger partial charge in [-0.15, -0.1) is 11.8 Å². The monoisotopic (exact) mass is 492 g/mol. The molecule has 0 aromatic heterocycles. The van der Waals surface area contributed by atoms with Crippen LogP contribution in [-0.2, 0) is 14.3 Å². The Balaban J connectivity index is 1.32. The summed E-state index contributed by atoms with van der Waals surface area (Å²) in [5.74, 6) is -0.0489. The lowest BCUT2D eigenvalue weighted by Crippen LogP contribution is -2.30. The minimum absolute atomic E-state index is 0.0716. The SMILES string of the molecule is Cc1ccc(NC(=O)C(C)OC(=O)c2ccccc2SCC(=O)Nc2ccc3c(c2)OCO3)cc1. The summed E-state index contributed by atoms with van der Waals surface area (Å²) in [6, 6.07) is 19.3. The van der Waals surface area contributed by atoms with Crippen LogP contribution in [0.4, 0.5) is 11.4 Å². The van der Waals surface area contributed by atoms with Crippen molar-refractivity contribution in [1.29, 1.82) is 0 Å². The Labute approximate surface area is 207 Å². The molecule has 0 aliphatic carbocycles. The molecule has 3 aromatic carbocycles. The lowest BCUT2D eigenvalue weighted by atomic mass is 10.2. The topological polar surface area (TPSA) is 103 Å². The molecular formula is C26H24N2O6S. The number of carbonyl (C=O) groups excluding carboxylic acids is 3. The molecule has 0 radical (unpaired) electrons. The van der Waals surface area contributed by atoms with Gasteiger partial charge in [0.05, 0.1) is 11.3 Å². The molecule has 1 aliphatic rings. The van der Waals surface area contributed by atoms with E-state index in [1.807, 2.05) is 19.1 Å². The smallest absolute Gasteiger partial charge is 0.340 e. The van der Waals surface area contributed by atoms with Gasteiger partial charge in [0.1, 0.15) is 0 Å². The second-order valence-corrected chi connectivity index (χ2v) is 8.82. The Kier molecular flexibility index (Phi) is 7.57. The van der Waals surface area contributed by atoms with Crippen molar-refractivity contribution < 1.29 is 28.6 Å². The number of carbonyl (C=O) groups is 3. The number of esters is 1. The van der Waals surface area contributed by atoms with E-state index in [0.29, 0.717) is 27.8 Å². The van der Waals surface area contributed by atoms with E-state index in [2.05, 4.69) is 10.6 Å². The number of hydrogen-bond acceptors (Lipinski definition) is 7. The number of ether oxygens (including phenoxy) is 3. The van der Waals surface area contributed by atoms with Gasteiger partial charge in [-0.2, -0.15) is 0 Å². The van der Waals surface area contributed by atoms with Crippen LogP contribution in [0, 0.1) is 6.92 Å². The molecule has 9 heteroatoms. The third kappa shape index (κ3) is 6.33. The molecular weight excluding hydrogens is 468 g/mol. The number of nitrogens with one attached hydrogen (secondary N) is 2. The molecule has 4 rings (SSSR count). The summed E-state index contributed by atoms with van der Waals surface area (Å²) < 4.78 is 16.0. The summed E-state index contributed by atoms with van der Waals surface area (Å²) in [6.45, 7) is 3.62. The van der Waals surface area contributed by atoms with E-state index in [0.717, 1.165) is 5.56 Å². The molecule has 0 fully saturated rings. The number of benzene rings is 3. The Morgan fingerprint density at radius 1 is 0.943 bits per heavy atom. The third-order valence-electron chi connectivity index (χ3n) is 5.09. The van der Waals surface area contributed by atoms with E-state index in [9.17, 15) is 14.4 Å². The van der Waals surface area contributed by atoms with Crippen molar-refractivity contribution in [2.75, 3.05) is 23.2 Å². The van der Waals surface area contributed by atoms with E-state index in [1.165, 1.54) is 18.7 Å². The Bertz CT molecular complexity index is 1240. The molecule has 1 atom stereocenters. The second-order valence-electron chi connectivity index (χ2n) is 7.80. The van der Waals surface area contributed by atoms with Crippen molar-refractivity contribution in [2.45, 2.75) is 24.8 Å². The highest BCUT2D eigenvalue weighted by Crippen LogP contribution is 2.34. The van der Waals surface area contributed by atoms with Gasteiger partial charge >= 0.3 is 5.97 Å². The molecule has 8 nitrogen and oxygen atoms in total. The summed E-state index contributed by atoms with van der Waals surface area (Å²) in [6.07, 6.45) is -1.00. The zero-order valence-electron chi connectivity index (χ0n) is 19.2. The Morgan fingerprint density at radius 3 is 2.46 bits per heavy atom. The fourth-order valence-electron chi connectivity index (χ4n) is 3.23. The van der Waals surface area contributed by atoms with Crippen molar-refractivity contribution in [1.82, 2.24) is 0 Å². The summed E-state index contributed by atoms with van der Waals surface area (Å²) in [5.41, 5.74) is 2.55. The Morgan fingerprint density at radius 2 is 1.66 bits per heavy atom. The van der Waals surface area contributed by atoms with E-state index >= 15 is 0 Å². The van der Waals surface area contributed by atoms with Crippen LogP contribution in [0.2, 0.25) is 0 Å². The standard InChI is InChI=1S/C26H24N2O6S/c1-16-7-9-18(10-8-16)28-25(30)17(2)34-26(31)20-5-3-4-6-23(20)35-14-24(29)27-19-11-12-21-22(13-19)33-15-32-21/h3-13,17H,14-15H2,1-2H3,(H,27,29)(H,28,30). The first-order valence-corrected chi connectivity index (χ1v) is 11.9. The molecule has 0 saturated carbocycles. The van der Waals surface area contributed by atoms with Crippen LogP contribution in [0.5, 0.6) is 11.5 Å².